The van der Waals surface area contributed by atoms with Gasteiger partial charge in [-0.15, -0.1) is 0 Å². The zero-order valence-corrected chi connectivity index (χ0v) is 13.2. The van der Waals surface area contributed by atoms with Gasteiger partial charge in [-0.05, 0) is 43.4 Å². The van der Waals surface area contributed by atoms with Crippen LogP contribution in [0.15, 0.2) is 18.2 Å². The second-order valence-electron chi connectivity index (χ2n) is 6.61. The molecule has 0 aromatic heterocycles. The van der Waals surface area contributed by atoms with Crippen molar-refractivity contribution in [2.75, 3.05) is 13.2 Å². The zero-order valence-electron chi connectivity index (χ0n) is 13.2. The minimum atomic E-state index is 0.359. The van der Waals surface area contributed by atoms with E-state index < -0.39 is 0 Å². The van der Waals surface area contributed by atoms with Crippen LogP contribution in [0.25, 0.3) is 0 Å². The first-order valence-corrected chi connectivity index (χ1v) is 8.38. The summed E-state index contributed by atoms with van der Waals surface area (Å²) < 4.78 is 11.5. The van der Waals surface area contributed by atoms with E-state index in [2.05, 4.69) is 37.4 Å². The third kappa shape index (κ3) is 3.70. The molecule has 0 radical (unpaired) electrons. The highest BCUT2D eigenvalue weighted by Gasteiger charge is 2.21. The van der Waals surface area contributed by atoms with Gasteiger partial charge in [-0.25, -0.2) is 0 Å². The molecule has 3 atom stereocenters. The molecule has 21 heavy (non-hydrogen) atoms. The first-order valence-electron chi connectivity index (χ1n) is 8.38. The van der Waals surface area contributed by atoms with E-state index in [4.69, 9.17) is 9.47 Å². The van der Waals surface area contributed by atoms with Crippen molar-refractivity contribution in [3.63, 3.8) is 0 Å². The van der Waals surface area contributed by atoms with Gasteiger partial charge < -0.3 is 14.8 Å². The van der Waals surface area contributed by atoms with Crippen molar-refractivity contribution in [2.24, 2.45) is 5.92 Å². The summed E-state index contributed by atoms with van der Waals surface area (Å²) in [5, 5.41) is 3.79. The highest BCUT2D eigenvalue weighted by molar-refractivity contribution is 5.44. The van der Waals surface area contributed by atoms with E-state index in [-0.39, 0.29) is 0 Å². The van der Waals surface area contributed by atoms with E-state index in [0.717, 1.165) is 37.1 Å². The van der Waals surface area contributed by atoms with Gasteiger partial charge in [0.05, 0.1) is 13.2 Å². The number of nitrogens with one attached hydrogen (secondary N) is 1. The van der Waals surface area contributed by atoms with E-state index in [0.29, 0.717) is 12.1 Å². The van der Waals surface area contributed by atoms with Crippen LogP contribution in [0, 0.1) is 5.92 Å². The highest BCUT2D eigenvalue weighted by Crippen LogP contribution is 2.33. The Balaban J connectivity index is 1.66. The summed E-state index contributed by atoms with van der Waals surface area (Å²) in [6.07, 6.45) is 6.30. The summed E-state index contributed by atoms with van der Waals surface area (Å²) in [5.41, 5.74) is 1.29. The Bertz CT molecular complexity index is 474. The molecule has 1 aliphatic carbocycles. The lowest BCUT2D eigenvalue weighted by atomic mass is 9.86. The maximum Gasteiger partial charge on any atom is 0.161 e. The van der Waals surface area contributed by atoms with E-state index in [1.54, 1.807) is 0 Å². The molecule has 2 aliphatic rings. The molecule has 1 N–H and O–H groups in total. The minimum absolute atomic E-state index is 0.359. The van der Waals surface area contributed by atoms with Crippen LogP contribution in [0.5, 0.6) is 11.5 Å². The Morgan fingerprint density at radius 1 is 1.10 bits per heavy atom. The summed E-state index contributed by atoms with van der Waals surface area (Å²) in [7, 11) is 0. The van der Waals surface area contributed by atoms with Gasteiger partial charge in [0.25, 0.3) is 0 Å². The summed E-state index contributed by atoms with van der Waals surface area (Å²) in [6.45, 7) is 6.11. The van der Waals surface area contributed by atoms with Crippen LogP contribution >= 0.6 is 0 Å². The van der Waals surface area contributed by atoms with Gasteiger partial charge in [0, 0.05) is 18.5 Å². The standard InChI is InChI=1S/C18H27NO2/c1-13-5-3-6-16(11-13)19-14(2)15-7-8-17-18(12-15)21-10-4-9-20-17/h7-8,12-14,16,19H,3-6,9-11H2,1-2H3. The van der Waals surface area contributed by atoms with E-state index in [1.165, 1.54) is 31.2 Å². The molecule has 3 nitrogen and oxygen atoms in total. The van der Waals surface area contributed by atoms with E-state index in [1.807, 2.05) is 0 Å². The van der Waals surface area contributed by atoms with E-state index in [9.17, 15) is 0 Å². The van der Waals surface area contributed by atoms with Crippen molar-refractivity contribution in [3.8, 4) is 11.5 Å². The molecule has 1 aromatic rings. The molecule has 1 saturated carbocycles. The molecule has 0 saturated heterocycles. The topological polar surface area (TPSA) is 30.5 Å². The molecular weight excluding hydrogens is 262 g/mol. The molecular formula is C18H27NO2. The van der Waals surface area contributed by atoms with Crippen LogP contribution in [-0.4, -0.2) is 19.3 Å². The zero-order chi connectivity index (χ0) is 14.7. The van der Waals surface area contributed by atoms with Crippen molar-refractivity contribution in [3.05, 3.63) is 23.8 Å². The number of fused-ring (bicyclic) bond motifs is 1. The van der Waals surface area contributed by atoms with E-state index >= 15 is 0 Å². The van der Waals surface area contributed by atoms with Gasteiger partial charge in [-0.1, -0.05) is 25.8 Å². The SMILES string of the molecule is CC1CCCC(NC(C)c2ccc3c(c2)OCCCO3)C1. The molecule has 3 rings (SSSR count). The van der Waals surface area contributed by atoms with Crippen molar-refractivity contribution in [1.29, 1.82) is 0 Å². The number of hydrogen-bond donors (Lipinski definition) is 1. The Labute approximate surface area is 128 Å². The summed E-state index contributed by atoms with van der Waals surface area (Å²) in [6, 6.07) is 7.37. The Morgan fingerprint density at radius 3 is 2.71 bits per heavy atom. The Morgan fingerprint density at radius 2 is 1.90 bits per heavy atom. The Kier molecular flexibility index (Phi) is 4.69. The van der Waals surface area contributed by atoms with Crippen molar-refractivity contribution >= 4 is 0 Å². The highest BCUT2D eigenvalue weighted by atomic mass is 16.5. The molecule has 1 aliphatic heterocycles. The molecule has 0 spiro atoms. The summed E-state index contributed by atoms with van der Waals surface area (Å²) in [4.78, 5) is 0. The Hall–Kier alpha value is -1.22. The van der Waals surface area contributed by atoms with Gasteiger partial charge in [0.2, 0.25) is 0 Å². The maximum absolute atomic E-state index is 5.79. The number of benzene rings is 1. The molecule has 0 amide bonds. The fourth-order valence-corrected chi connectivity index (χ4v) is 3.48. The number of hydrogen-bond acceptors (Lipinski definition) is 3. The monoisotopic (exact) mass is 289 g/mol. The first-order chi connectivity index (χ1) is 10.2. The van der Waals surface area contributed by atoms with Gasteiger partial charge in [0.1, 0.15) is 0 Å². The van der Waals surface area contributed by atoms with Gasteiger partial charge in [-0.3, -0.25) is 0 Å². The molecule has 1 aromatic carbocycles. The lowest BCUT2D eigenvalue weighted by Crippen LogP contribution is -2.35. The molecule has 116 valence electrons. The molecule has 1 fully saturated rings. The van der Waals surface area contributed by atoms with Crippen molar-refractivity contribution in [2.45, 2.75) is 58.0 Å². The smallest absolute Gasteiger partial charge is 0.161 e. The summed E-state index contributed by atoms with van der Waals surface area (Å²) in [5.74, 6) is 2.64. The number of ether oxygens (including phenoxy) is 2. The van der Waals surface area contributed by atoms with Crippen LogP contribution in [0.1, 0.15) is 57.6 Å². The third-order valence-electron chi connectivity index (χ3n) is 4.69. The normalized spacial score (nSPS) is 27.0. The predicted octanol–water partition coefficient (Wildman–Crippen LogP) is 4.08. The third-order valence-corrected chi connectivity index (χ3v) is 4.69. The van der Waals surface area contributed by atoms with Crippen molar-refractivity contribution < 1.29 is 9.47 Å². The lowest BCUT2D eigenvalue weighted by molar-refractivity contribution is 0.285. The first kappa shape index (κ1) is 14.7. The molecule has 1 heterocycles. The fraction of sp³-hybridized carbons (Fsp3) is 0.667. The maximum atomic E-state index is 5.79. The minimum Gasteiger partial charge on any atom is -0.490 e. The van der Waals surface area contributed by atoms with Crippen LogP contribution in [0.3, 0.4) is 0 Å². The van der Waals surface area contributed by atoms with Crippen LogP contribution in [-0.2, 0) is 0 Å². The summed E-state index contributed by atoms with van der Waals surface area (Å²) >= 11 is 0. The lowest BCUT2D eigenvalue weighted by Gasteiger charge is -2.30. The van der Waals surface area contributed by atoms with Crippen LogP contribution < -0.4 is 14.8 Å². The van der Waals surface area contributed by atoms with Crippen molar-refractivity contribution in [1.82, 2.24) is 5.32 Å². The number of rotatable bonds is 3. The van der Waals surface area contributed by atoms with Gasteiger partial charge >= 0.3 is 0 Å². The van der Waals surface area contributed by atoms with Crippen LogP contribution in [0.2, 0.25) is 0 Å². The van der Waals surface area contributed by atoms with Gasteiger partial charge in [-0.2, -0.15) is 0 Å². The second kappa shape index (κ2) is 6.69. The average molecular weight is 289 g/mol. The molecule has 3 unspecified atom stereocenters. The van der Waals surface area contributed by atoms with Gasteiger partial charge in [0.15, 0.2) is 11.5 Å². The fourth-order valence-electron chi connectivity index (χ4n) is 3.48. The molecule has 0 bridgehead atoms. The second-order valence-corrected chi connectivity index (χ2v) is 6.61. The quantitative estimate of drug-likeness (QED) is 0.909. The van der Waals surface area contributed by atoms with Crippen LogP contribution in [0.4, 0.5) is 0 Å². The largest absolute Gasteiger partial charge is 0.490 e. The molecule has 3 heteroatoms. The average Bonchev–Trinajstić information content (AvgIpc) is 2.71. The predicted molar refractivity (Wildman–Crippen MR) is 85.0 cm³/mol.